The minimum atomic E-state index is -1.82. The van der Waals surface area contributed by atoms with Gasteiger partial charge < -0.3 is 15.5 Å². The number of carbonyl (C=O) groups is 2. The summed E-state index contributed by atoms with van der Waals surface area (Å²) in [6.07, 6.45) is 0.895. The Morgan fingerprint density at radius 3 is 2.19 bits per heavy atom. The first-order chi connectivity index (χ1) is 12.3. The van der Waals surface area contributed by atoms with Crippen molar-refractivity contribution in [3.8, 4) is 0 Å². The minimum Gasteiger partial charge on any atom is -0.473 e. The van der Waals surface area contributed by atoms with Gasteiger partial charge in [-0.2, -0.15) is 0 Å². The lowest BCUT2D eigenvalue weighted by molar-refractivity contribution is -0.384. The van der Waals surface area contributed by atoms with Crippen LogP contribution in [0.5, 0.6) is 0 Å². The Labute approximate surface area is 154 Å². The molecule has 0 aliphatic rings. The van der Waals surface area contributed by atoms with Crippen molar-refractivity contribution in [1.82, 2.24) is 5.32 Å². The molecule has 8 nitrogen and oxygen atoms in total. The molecule has 0 aliphatic heterocycles. The van der Waals surface area contributed by atoms with Gasteiger partial charge in [-0.05, 0) is 36.2 Å². The van der Waals surface area contributed by atoms with E-state index in [-0.39, 0.29) is 10.6 Å². The summed E-state index contributed by atoms with van der Waals surface area (Å²) in [7, 11) is 0. The highest BCUT2D eigenvalue weighted by Crippen LogP contribution is 2.13. The van der Waals surface area contributed by atoms with E-state index < -0.39 is 11.9 Å². The third-order valence-corrected chi connectivity index (χ3v) is 3.39. The zero-order valence-corrected chi connectivity index (χ0v) is 14.3. The molecule has 3 N–H and O–H groups in total. The molecule has 0 aliphatic carbocycles. The maximum absolute atomic E-state index is 10.7. The highest BCUT2D eigenvalue weighted by Gasteiger charge is 2.05. The van der Waals surface area contributed by atoms with E-state index in [0.717, 1.165) is 23.6 Å². The Balaban J connectivity index is 0.000000487. The number of hydrogen-bond donors (Lipinski definition) is 3. The molecule has 0 aromatic heterocycles. The van der Waals surface area contributed by atoms with E-state index in [0.29, 0.717) is 6.54 Å². The number of nitro benzene ring substituents is 1. The van der Waals surface area contributed by atoms with Gasteiger partial charge in [-0.25, -0.2) is 9.59 Å². The van der Waals surface area contributed by atoms with Gasteiger partial charge in [0, 0.05) is 23.7 Å². The summed E-state index contributed by atoms with van der Waals surface area (Å²) in [6, 6.07) is 14.4. The first kappa shape index (κ1) is 21.1. The first-order valence-electron chi connectivity index (χ1n) is 7.44. The van der Waals surface area contributed by atoms with Gasteiger partial charge >= 0.3 is 11.9 Å². The fraction of sp³-hybridized carbons (Fsp3) is 0.176. The summed E-state index contributed by atoms with van der Waals surface area (Å²) in [5.74, 6) is -3.65. The molecule has 2 rings (SSSR count). The van der Waals surface area contributed by atoms with Crippen molar-refractivity contribution in [2.24, 2.45) is 0 Å². The van der Waals surface area contributed by atoms with Gasteiger partial charge in [0.25, 0.3) is 5.69 Å². The molecule has 0 heterocycles. The van der Waals surface area contributed by atoms with E-state index in [4.69, 9.17) is 31.4 Å². The number of rotatable bonds is 6. The van der Waals surface area contributed by atoms with E-state index in [1.54, 1.807) is 12.1 Å². The number of benzene rings is 2. The number of carboxylic acid groups (broad SMARTS) is 2. The number of aliphatic carboxylic acids is 2. The number of carboxylic acids is 2. The van der Waals surface area contributed by atoms with E-state index >= 15 is 0 Å². The lowest BCUT2D eigenvalue weighted by atomic mass is 10.1. The second-order valence-electron chi connectivity index (χ2n) is 5.09. The lowest BCUT2D eigenvalue weighted by Gasteiger charge is -2.05. The van der Waals surface area contributed by atoms with Crippen LogP contribution in [0, 0.1) is 10.1 Å². The topological polar surface area (TPSA) is 130 Å². The highest BCUT2D eigenvalue weighted by molar-refractivity contribution is 6.30. The van der Waals surface area contributed by atoms with E-state index in [2.05, 4.69) is 5.32 Å². The van der Waals surface area contributed by atoms with Gasteiger partial charge in [-0.1, -0.05) is 35.9 Å². The third-order valence-electron chi connectivity index (χ3n) is 3.14. The molecular formula is C17H17ClN2O6. The Morgan fingerprint density at radius 1 is 1.04 bits per heavy atom. The highest BCUT2D eigenvalue weighted by atomic mass is 35.5. The Morgan fingerprint density at radius 2 is 1.65 bits per heavy atom. The quantitative estimate of drug-likeness (QED) is 0.304. The van der Waals surface area contributed by atoms with Gasteiger partial charge in [0.05, 0.1) is 4.92 Å². The van der Waals surface area contributed by atoms with Crippen molar-refractivity contribution in [3.05, 3.63) is 74.8 Å². The Hall–Kier alpha value is -2.97. The molecule has 138 valence electrons. The van der Waals surface area contributed by atoms with Crippen LogP contribution in [-0.2, 0) is 22.6 Å². The van der Waals surface area contributed by atoms with Crippen LogP contribution in [0.25, 0.3) is 0 Å². The molecule has 0 saturated carbocycles. The molecule has 0 bridgehead atoms. The third kappa shape index (κ3) is 8.22. The van der Waals surface area contributed by atoms with Crippen LogP contribution in [0.4, 0.5) is 5.69 Å². The molecule has 0 unspecified atom stereocenters. The molecule has 0 radical (unpaired) electrons. The second-order valence-corrected chi connectivity index (χ2v) is 5.53. The number of nitrogens with one attached hydrogen (secondary N) is 1. The van der Waals surface area contributed by atoms with Crippen LogP contribution in [0.1, 0.15) is 11.1 Å². The van der Waals surface area contributed by atoms with Crippen molar-refractivity contribution < 1.29 is 24.7 Å². The average Bonchev–Trinajstić information content (AvgIpc) is 2.61. The number of halogens is 1. The predicted molar refractivity (Wildman–Crippen MR) is 95.2 cm³/mol. The number of hydrogen-bond acceptors (Lipinski definition) is 5. The summed E-state index contributed by atoms with van der Waals surface area (Å²) >= 11 is 5.82. The van der Waals surface area contributed by atoms with Crippen LogP contribution >= 0.6 is 11.6 Å². The fourth-order valence-corrected chi connectivity index (χ4v) is 2.02. The standard InChI is InChI=1S/C15H15ClN2O2.C2H2O4/c16-14-6-4-12(5-7-14)8-9-17-11-13-2-1-3-15(10-13)18(19)20;3-1(4)2(5)6/h1-7,10,17H,8-9,11H2;(H,3,4)(H,5,6). The largest absolute Gasteiger partial charge is 0.473 e. The molecule has 0 fully saturated rings. The summed E-state index contributed by atoms with van der Waals surface area (Å²) in [4.78, 5) is 28.5. The molecule has 2 aromatic rings. The second kappa shape index (κ2) is 10.8. The maximum Gasteiger partial charge on any atom is 0.414 e. The molecule has 26 heavy (non-hydrogen) atoms. The van der Waals surface area contributed by atoms with Crippen LogP contribution < -0.4 is 5.32 Å². The zero-order valence-electron chi connectivity index (χ0n) is 13.6. The van der Waals surface area contributed by atoms with Crippen molar-refractivity contribution >= 4 is 29.2 Å². The number of nitrogens with zero attached hydrogens (tertiary/aromatic N) is 1. The van der Waals surface area contributed by atoms with Crippen LogP contribution in [0.2, 0.25) is 5.02 Å². The molecule has 2 aromatic carbocycles. The van der Waals surface area contributed by atoms with Gasteiger partial charge in [-0.15, -0.1) is 0 Å². The molecule has 0 atom stereocenters. The molecule has 0 spiro atoms. The summed E-state index contributed by atoms with van der Waals surface area (Å²) in [5.41, 5.74) is 2.25. The molecule has 0 amide bonds. The summed E-state index contributed by atoms with van der Waals surface area (Å²) in [5, 5.41) is 29.5. The normalized spacial score (nSPS) is 9.73. The van der Waals surface area contributed by atoms with E-state index in [1.807, 2.05) is 30.3 Å². The van der Waals surface area contributed by atoms with Gasteiger partial charge in [0.1, 0.15) is 0 Å². The minimum absolute atomic E-state index is 0.127. The zero-order chi connectivity index (χ0) is 19.5. The number of nitro groups is 1. The molecular weight excluding hydrogens is 364 g/mol. The Kier molecular flexibility index (Phi) is 8.76. The molecule has 0 saturated heterocycles. The first-order valence-corrected chi connectivity index (χ1v) is 7.82. The smallest absolute Gasteiger partial charge is 0.414 e. The predicted octanol–water partition coefficient (Wildman–Crippen LogP) is 2.74. The van der Waals surface area contributed by atoms with Crippen LogP contribution in [-0.4, -0.2) is 33.6 Å². The van der Waals surface area contributed by atoms with Crippen molar-refractivity contribution in [3.63, 3.8) is 0 Å². The van der Waals surface area contributed by atoms with Crippen molar-refractivity contribution in [1.29, 1.82) is 0 Å². The molecule has 9 heteroatoms. The summed E-state index contributed by atoms with van der Waals surface area (Å²) < 4.78 is 0. The monoisotopic (exact) mass is 380 g/mol. The van der Waals surface area contributed by atoms with Gasteiger partial charge in [-0.3, -0.25) is 10.1 Å². The Bertz CT molecular complexity index is 752. The van der Waals surface area contributed by atoms with Gasteiger partial charge in [0.2, 0.25) is 0 Å². The van der Waals surface area contributed by atoms with E-state index in [9.17, 15) is 10.1 Å². The number of non-ortho nitro benzene ring substituents is 1. The van der Waals surface area contributed by atoms with Crippen molar-refractivity contribution in [2.45, 2.75) is 13.0 Å². The van der Waals surface area contributed by atoms with Crippen molar-refractivity contribution in [2.75, 3.05) is 6.54 Å². The van der Waals surface area contributed by atoms with Crippen LogP contribution in [0.3, 0.4) is 0 Å². The average molecular weight is 381 g/mol. The summed E-state index contributed by atoms with van der Waals surface area (Å²) in [6.45, 7) is 1.43. The SMILES string of the molecule is O=C(O)C(=O)O.O=[N+]([O-])c1cccc(CNCCc2ccc(Cl)cc2)c1. The van der Waals surface area contributed by atoms with Crippen LogP contribution in [0.15, 0.2) is 48.5 Å². The fourth-order valence-electron chi connectivity index (χ4n) is 1.90. The lowest BCUT2D eigenvalue weighted by Crippen LogP contribution is -2.16. The maximum atomic E-state index is 10.7. The van der Waals surface area contributed by atoms with E-state index in [1.165, 1.54) is 11.6 Å². The van der Waals surface area contributed by atoms with Gasteiger partial charge in [0.15, 0.2) is 0 Å².